The molecular formula is C16H14N2O3. The highest BCUT2D eigenvalue weighted by atomic mass is 16.5. The van der Waals surface area contributed by atoms with E-state index in [0.717, 1.165) is 17.6 Å². The van der Waals surface area contributed by atoms with Crippen molar-refractivity contribution in [3.8, 4) is 11.8 Å². The van der Waals surface area contributed by atoms with E-state index in [9.17, 15) is 15.2 Å². The van der Waals surface area contributed by atoms with Gasteiger partial charge in [0.1, 0.15) is 11.7 Å². The smallest absolute Gasteiger partial charge is 0.205 e. The largest absolute Gasteiger partial charge is 0.508 e. The Kier molecular flexibility index (Phi) is 3.22. The van der Waals surface area contributed by atoms with Crippen LogP contribution in [0.4, 0.5) is 0 Å². The molecule has 5 nitrogen and oxygen atoms in total. The molecule has 0 saturated carbocycles. The minimum Gasteiger partial charge on any atom is -0.508 e. The van der Waals surface area contributed by atoms with Crippen molar-refractivity contribution >= 4 is 11.7 Å². The monoisotopic (exact) mass is 282 g/mol. The second-order valence-electron chi connectivity index (χ2n) is 5.28. The lowest BCUT2D eigenvalue weighted by molar-refractivity contribution is -0.118. The van der Waals surface area contributed by atoms with Gasteiger partial charge in [0.25, 0.3) is 0 Å². The third-order valence-corrected chi connectivity index (χ3v) is 3.97. The maximum absolute atomic E-state index is 12.0. The van der Waals surface area contributed by atoms with E-state index >= 15 is 0 Å². The van der Waals surface area contributed by atoms with Gasteiger partial charge in [-0.3, -0.25) is 10.2 Å². The Morgan fingerprint density at radius 3 is 2.90 bits per heavy atom. The molecule has 2 aliphatic rings. The Hall–Kier alpha value is -2.61. The minimum atomic E-state index is -0.767. The number of nitrogens with zero attached hydrogens (tertiary/aromatic N) is 1. The van der Waals surface area contributed by atoms with Gasteiger partial charge < -0.3 is 9.84 Å². The fourth-order valence-corrected chi connectivity index (χ4v) is 3.04. The lowest BCUT2D eigenvalue weighted by Crippen LogP contribution is -2.34. The number of ketones is 1. The number of ether oxygens (including phenoxy) is 1. The molecule has 0 spiro atoms. The predicted molar refractivity (Wildman–Crippen MR) is 74.6 cm³/mol. The predicted octanol–water partition coefficient (Wildman–Crippen LogP) is 2.63. The molecule has 2 unspecified atom stereocenters. The van der Waals surface area contributed by atoms with E-state index < -0.39 is 11.8 Å². The van der Waals surface area contributed by atoms with E-state index in [4.69, 9.17) is 10.1 Å². The van der Waals surface area contributed by atoms with Crippen molar-refractivity contribution < 1.29 is 14.6 Å². The van der Waals surface area contributed by atoms with Crippen molar-refractivity contribution in [1.82, 2.24) is 0 Å². The highest BCUT2D eigenvalue weighted by molar-refractivity contribution is 6.00. The molecule has 0 aromatic heterocycles. The average molecular weight is 282 g/mol. The van der Waals surface area contributed by atoms with Crippen LogP contribution in [-0.2, 0) is 9.53 Å². The molecular weight excluding hydrogens is 268 g/mol. The number of phenolic OH excluding ortho intramolecular Hbond substituents is 1. The number of aromatic hydroxyl groups is 1. The van der Waals surface area contributed by atoms with Crippen LogP contribution in [0.1, 0.15) is 30.7 Å². The fraction of sp³-hybridized carbons (Fsp3) is 0.312. The number of rotatable bonds is 1. The summed E-state index contributed by atoms with van der Waals surface area (Å²) in [7, 11) is 0. The maximum Gasteiger partial charge on any atom is 0.205 e. The lowest BCUT2D eigenvalue weighted by atomic mass is 9.74. The topological polar surface area (TPSA) is 94.2 Å². The molecule has 0 fully saturated rings. The van der Waals surface area contributed by atoms with Crippen LogP contribution in [0.3, 0.4) is 0 Å². The van der Waals surface area contributed by atoms with Crippen LogP contribution >= 0.6 is 0 Å². The first-order valence-electron chi connectivity index (χ1n) is 6.83. The molecule has 0 bridgehead atoms. The number of benzene rings is 1. The van der Waals surface area contributed by atoms with E-state index in [-0.39, 0.29) is 23.2 Å². The molecule has 0 saturated heterocycles. The average Bonchev–Trinajstić information content (AvgIpc) is 2.47. The van der Waals surface area contributed by atoms with Gasteiger partial charge in [-0.2, -0.15) is 5.26 Å². The van der Waals surface area contributed by atoms with Crippen LogP contribution in [0.25, 0.3) is 0 Å². The van der Waals surface area contributed by atoms with Gasteiger partial charge in [0, 0.05) is 12.3 Å². The molecule has 0 radical (unpaired) electrons. The second kappa shape index (κ2) is 5.06. The highest BCUT2D eigenvalue weighted by Gasteiger charge is 2.41. The van der Waals surface area contributed by atoms with Crippen molar-refractivity contribution in [3.63, 3.8) is 0 Å². The van der Waals surface area contributed by atoms with Crippen LogP contribution in [0.2, 0.25) is 0 Å². The van der Waals surface area contributed by atoms with Gasteiger partial charge in [-0.05, 0) is 36.1 Å². The zero-order valence-electron chi connectivity index (χ0n) is 11.3. The van der Waals surface area contributed by atoms with Crippen molar-refractivity contribution in [1.29, 1.82) is 10.7 Å². The van der Waals surface area contributed by atoms with Crippen molar-refractivity contribution in [2.45, 2.75) is 25.2 Å². The summed E-state index contributed by atoms with van der Waals surface area (Å²) in [5, 5.41) is 26.9. The number of carbonyl (C=O) groups is 1. The molecule has 5 heteroatoms. The lowest BCUT2D eigenvalue weighted by Gasteiger charge is -2.34. The molecule has 1 aromatic rings. The summed E-state index contributed by atoms with van der Waals surface area (Å²) in [6.07, 6.45) is 1.81. The zero-order valence-corrected chi connectivity index (χ0v) is 11.3. The number of hydrogen-bond acceptors (Lipinski definition) is 5. The normalized spacial score (nSPS) is 25.1. The Morgan fingerprint density at radius 1 is 1.38 bits per heavy atom. The first-order chi connectivity index (χ1) is 10.1. The first kappa shape index (κ1) is 13.4. The summed E-state index contributed by atoms with van der Waals surface area (Å²) in [4.78, 5) is 12.0. The molecule has 1 heterocycles. The van der Waals surface area contributed by atoms with Crippen LogP contribution in [0, 0.1) is 22.7 Å². The molecule has 0 amide bonds. The van der Waals surface area contributed by atoms with E-state index in [1.807, 2.05) is 0 Å². The van der Waals surface area contributed by atoms with Crippen LogP contribution in [0.15, 0.2) is 35.6 Å². The Labute approximate surface area is 122 Å². The van der Waals surface area contributed by atoms with Gasteiger partial charge >= 0.3 is 0 Å². The van der Waals surface area contributed by atoms with Gasteiger partial charge in [-0.1, -0.05) is 12.1 Å². The van der Waals surface area contributed by atoms with Crippen LogP contribution < -0.4 is 0 Å². The molecule has 1 aliphatic heterocycles. The standard InChI is InChI=1S/C16H14N2O3/c17-8-12-14(9-3-1-4-10(19)7-9)11-5-2-6-13(20)15(11)21-16(12)18/h1,3-4,7,12,14,18-19H,2,5-6H2. The van der Waals surface area contributed by atoms with Gasteiger partial charge in [0.2, 0.25) is 5.90 Å². The Bertz CT molecular complexity index is 700. The van der Waals surface area contributed by atoms with E-state index in [2.05, 4.69) is 6.07 Å². The number of phenols is 1. The highest BCUT2D eigenvalue weighted by Crippen LogP contribution is 2.44. The van der Waals surface area contributed by atoms with Gasteiger partial charge in [0.15, 0.2) is 11.5 Å². The van der Waals surface area contributed by atoms with Gasteiger partial charge in [0.05, 0.1) is 6.07 Å². The van der Waals surface area contributed by atoms with E-state index in [1.54, 1.807) is 24.3 Å². The van der Waals surface area contributed by atoms with Crippen LogP contribution in [0.5, 0.6) is 5.75 Å². The van der Waals surface area contributed by atoms with Crippen molar-refractivity contribution in [3.05, 3.63) is 41.2 Å². The molecule has 2 atom stereocenters. The summed E-state index contributed by atoms with van der Waals surface area (Å²) < 4.78 is 5.32. The first-order valence-corrected chi connectivity index (χ1v) is 6.83. The minimum absolute atomic E-state index is 0.103. The number of allylic oxidation sites excluding steroid dienone is 2. The Morgan fingerprint density at radius 2 is 2.19 bits per heavy atom. The Balaban J connectivity index is 2.17. The van der Waals surface area contributed by atoms with E-state index in [1.165, 1.54) is 0 Å². The molecule has 1 aliphatic carbocycles. The quantitative estimate of drug-likeness (QED) is 0.827. The molecule has 1 aromatic carbocycles. The third kappa shape index (κ3) is 2.19. The third-order valence-electron chi connectivity index (χ3n) is 3.97. The molecule has 3 rings (SSSR count). The molecule has 106 valence electrons. The van der Waals surface area contributed by atoms with E-state index in [0.29, 0.717) is 12.8 Å². The number of nitrogens with one attached hydrogen (secondary N) is 1. The van der Waals surface area contributed by atoms with Crippen molar-refractivity contribution in [2.75, 3.05) is 0 Å². The van der Waals surface area contributed by atoms with Gasteiger partial charge in [-0.15, -0.1) is 0 Å². The maximum atomic E-state index is 12.0. The molecule has 21 heavy (non-hydrogen) atoms. The van der Waals surface area contributed by atoms with Gasteiger partial charge in [-0.25, -0.2) is 0 Å². The summed E-state index contributed by atoms with van der Waals surface area (Å²) >= 11 is 0. The zero-order chi connectivity index (χ0) is 15.0. The number of nitriles is 1. The van der Waals surface area contributed by atoms with Crippen LogP contribution in [-0.4, -0.2) is 16.8 Å². The second-order valence-corrected chi connectivity index (χ2v) is 5.28. The van der Waals surface area contributed by atoms with Crippen molar-refractivity contribution in [2.24, 2.45) is 5.92 Å². The SMILES string of the molecule is N#CC1C(=N)OC2=C(CCCC2=O)C1c1cccc(O)c1. The summed E-state index contributed by atoms with van der Waals surface area (Å²) in [6, 6.07) is 8.73. The summed E-state index contributed by atoms with van der Waals surface area (Å²) in [6.45, 7) is 0. The fourth-order valence-electron chi connectivity index (χ4n) is 3.04. The number of carbonyl (C=O) groups excluding carboxylic acids is 1. The molecule has 2 N–H and O–H groups in total. The summed E-state index contributed by atoms with van der Waals surface area (Å²) in [5.74, 6) is -1.14. The number of Topliss-reactive ketones (excluding diaryl/α,β-unsaturated/α-hetero) is 1. The summed E-state index contributed by atoms with van der Waals surface area (Å²) in [5.41, 5.74) is 1.51. The number of hydrogen-bond donors (Lipinski definition) is 2.